The van der Waals surface area contributed by atoms with Crippen molar-refractivity contribution in [3.8, 4) is 0 Å². The second-order valence-corrected chi connectivity index (χ2v) is 9.05. The summed E-state index contributed by atoms with van der Waals surface area (Å²) >= 11 is 5.97. The fourth-order valence-corrected chi connectivity index (χ4v) is 5.78. The molecular formula is C25H28N2S. The van der Waals surface area contributed by atoms with Crippen molar-refractivity contribution < 1.29 is 0 Å². The third-order valence-electron chi connectivity index (χ3n) is 6.84. The highest BCUT2D eigenvalue weighted by molar-refractivity contribution is 7.80. The van der Waals surface area contributed by atoms with Crippen molar-refractivity contribution in [1.82, 2.24) is 9.47 Å². The van der Waals surface area contributed by atoms with E-state index in [1.54, 1.807) is 0 Å². The normalized spacial score (nSPS) is 20.8. The van der Waals surface area contributed by atoms with E-state index >= 15 is 0 Å². The van der Waals surface area contributed by atoms with Gasteiger partial charge < -0.3 is 4.57 Å². The average molecular weight is 389 g/mol. The Labute approximate surface area is 173 Å². The summed E-state index contributed by atoms with van der Waals surface area (Å²) in [6, 6.07) is 19.6. The monoisotopic (exact) mass is 388 g/mol. The van der Waals surface area contributed by atoms with Crippen LogP contribution in [0.5, 0.6) is 0 Å². The number of thiocarbonyl (C=S) groups is 1. The number of rotatable bonds is 4. The highest BCUT2D eigenvalue weighted by atomic mass is 32.1. The quantitative estimate of drug-likeness (QED) is 0.555. The van der Waals surface area contributed by atoms with Crippen LogP contribution >= 0.6 is 12.2 Å². The van der Waals surface area contributed by atoms with Gasteiger partial charge in [0, 0.05) is 35.3 Å². The first-order chi connectivity index (χ1) is 13.7. The van der Waals surface area contributed by atoms with Crippen molar-refractivity contribution in [3.05, 3.63) is 71.4 Å². The molecule has 1 fully saturated rings. The summed E-state index contributed by atoms with van der Waals surface area (Å²) in [4.78, 5) is 3.82. The number of para-hydroxylation sites is 1. The highest BCUT2D eigenvalue weighted by Gasteiger charge is 2.34. The van der Waals surface area contributed by atoms with Crippen LogP contribution in [0.1, 0.15) is 36.1 Å². The summed E-state index contributed by atoms with van der Waals surface area (Å²) in [5.41, 5.74) is 5.58. The SMILES string of the molecule is Cn1c2c(c3ccccc31)CC(CC1CCN(Cc3ccccc3)CC1)C2=S. The third-order valence-corrected chi connectivity index (χ3v) is 7.37. The topological polar surface area (TPSA) is 8.17 Å². The molecule has 1 atom stereocenters. The summed E-state index contributed by atoms with van der Waals surface area (Å²) in [5, 5.41) is 1.41. The second-order valence-electron chi connectivity index (χ2n) is 8.61. The summed E-state index contributed by atoms with van der Waals surface area (Å²) in [7, 11) is 2.18. The predicted molar refractivity (Wildman–Crippen MR) is 121 cm³/mol. The van der Waals surface area contributed by atoms with Gasteiger partial charge in [-0.05, 0) is 61.9 Å². The first-order valence-electron chi connectivity index (χ1n) is 10.6. The van der Waals surface area contributed by atoms with Crippen LogP contribution in [-0.4, -0.2) is 27.4 Å². The van der Waals surface area contributed by atoms with Crippen molar-refractivity contribution in [2.45, 2.75) is 32.2 Å². The van der Waals surface area contributed by atoms with Gasteiger partial charge in [-0.2, -0.15) is 0 Å². The average Bonchev–Trinajstić information content (AvgIpc) is 3.20. The van der Waals surface area contributed by atoms with Gasteiger partial charge in [-0.25, -0.2) is 0 Å². The van der Waals surface area contributed by atoms with E-state index in [0.29, 0.717) is 5.92 Å². The van der Waals surface area contributed by atoms with Gasteiger partial charge in [-0.15, -0.1) is 0 Å². The van der Waals surface area contributed by atoms with Crippen molar-refractivity contribution in [1.29, 1.82) is 0 Å². The first kappa shape index (κ1) is 18.1. The summed E-state index contributed by atoms with van der Waals surface area (Å²) < 4.78 is 2.33. The fourth-order valence-electron chi connectivity index (χ4n) is 5.34. The molecule has 1 aliphatic carbocycles. The maximum atomic E-state index is 5.97. The van der Waals surface area contributed by atoms with Crippen LogP contribution in [0.3, 0.4) is 0 Å². The van der Waals surface area contributed by atoms with E-state index in [4.69, 9.17) is 12.2 Å². The van der Waals surface area contributed by atoms with Crippen LogP contribution in [-0.2, 0) is 20.0 Å². The molecule has 2 heterocycles. The molecular weight excluding hydrogens is 360 g/mol. The molecule has 1 unspecified atom stereocenters. The number of piperidine rings is 1. The Kier molecular flexibility index (Phi) is 4.82. The lowest BCUT2D eigenvalue weighted by molar-refractivity contribution is 0.167. The van der Waals surface area contributed by atoms with E-state index < -0.39 is 0 Å². The number of hydrogen-bond acceptors (Lipinski definition) is 2. The van der Waals surface area contributed by atoms with Crippen molar-refractivity contribution in [3.63, 3.8) is 0 Å². The zero-order valence-corrected chi connectivity index (χ0v) is 17.4. The summed E-state index contributed by atoms with van der Waals surface area (Å²) in [6.45, 7) is 3.52. The maximum Gasteiger partial charge on any atom is 0.0592 e. The van der Waals surface area contributed by atoms with E-state index in [1.807, 2.05) is 0 Å². The lowest BCUT2D eigenvalue weighted by Crippen LogP contribution is -2.34. The van der Waals surface area contributed by atoms with Crippen LogP contribution in [0.2, 0.25) is 0 Å². The number of aromatic nitrogens is 1. The van der Waals surface area contributed by atoms with Crippen molar-refractivity contribution in [2.24, 2.45) is 18.9 Å². The van der Waals surface area contributed by atoms with E-state index in [9.17, 15) is 0 Å². The first-order valence-corrected chi connectivity index (χ1v) is 11.0. The van der Waals surface area contributed by atoms with Gasteiger partial charge in [-0.1, -0.05) is 60.7 Å². The Hall–Kier alpha value is -1.97. The third kappa shape index (κ3) is 3.21. The zero-order valence-electron chi connectivity index (χ0n) is 16.6. The number of nitrogens with zero attached hydrogens (tertiary/aromatic N) is 2. The molecule has 3 aromatic rings. The maximum absolute atomic E-state index is 5.97. The van der Waals surface area contributed by atoms with E-state index in [-0.39, 0.29) is 0 Å². The molecule has 0 bridgehead atoms. The van der Waals surface area contributed by atoms with Gasteiger partial charge in [0.05, 0.1) is 5.69 Å². The zero-order chi connectivity index (χ0) is 19.1. The van der Waals surface area contributed by atoms with Crippen LogP contribution < -0.4 is 0 Å². The molecule has 0 saturated carbocycles. The largest absolute Gasteiger partial charge is 0.343 e. The molecule has 1 saturated heterocycles. The molecule has 2 aliphatic rings. The molecule has 2 nitrogen and oxygen atoms in total. The predicted octanol–water partition coefficient (Wildman–Crippen LogP) is 5.37. The number of fused-ring (bicyclic) bond motifs is 3. The smallest absolute Gasteiger partial charge is 0.0592 e. The van der Waals surface area contributed by atoms with Crippen LogP contribution in [0.25, 0.3) is 10.9 Å². The van der Waals surface area contributed by atoms with Crippen LogP contribution in [0.15, 0.2) is 54.6 Å². The van der Waals surface area contributed by atoms with Crippen molar-refractivity contribution >= 4 is 28.0 Å². The minimum Gasteiger partial charge on any atom is -0.343 e. The number of benzene rings is 2. The van der Waals surface area contributed by atoms with E-state index in [0.717, 1.165) is 18.9 Å². The van der Waals surface area contributed by atoms with Crippen LogP contribution in [0, 0.1) is 11.8 Å². The van der Waals surface area contributed by atoms with Gasteiger partial charge in [0.15, 0.2) is 0 Å². The second kappa shape index (κ2) is 7.46. The Bertz CT molecular complexity index is 996. The number of likely N-dealkylation sites (tertiary alicyclic amines) is 1. The molecule has 144 valence electrons. The lowest BCUT2D eigenvalue weighted by Gasteiger charge is -2.33. The summed E-state index contributed by atoms with van der Waals surface area (Å²) in [5.74, 6) is 1.37. The highest BCUT2D eigenvalue weighted by Crippen LogP contribution is 2.39. The molecule has 0 amide bonds. The van der Waals surface area contributed by atoms with Crippen LogP contribution in [0.4, 0.5) is 0 Å². The standard InChI is InChI=1S/C25H28N2S/c1-26-23-10-6-5-9-21(23)22-16-20(25(28)24(22)26)15-18-11-13-27(14-12-18)17-19-7-3-2-4-8-19/h2-10,18,20H,11-17H2,1H3. The van der Waals surface area contributed by atoms with E-state index in [2.05, 4.69) is 71.1 Å². The molecule has 1 aliphatic heterocycles. The van der Waals surface area contributed by atoms with Gasteiger partial charge in [-0.3, -0.25) is 4.90 Å². The van der Waals surface area contributed by atoms with Gasteiger partial charge >= 0.3 is 0 Å². The fraction of sp³-hybridized carbons (Fsp3) is 0.400. The summed E-state index contributed by atoms with van der Waals surface area (Å²) in [6.07, 6.45) is 5.02. The molecule has 0 spiro atoms. The Morgan fingerprint density at radius 1 is 0.964 bits per heavy atom. The van der Waals surface area contributed by atoms with E-state index in [1.165, 1.54) is 64.9 Å². The number of hydrogen-bond donors (Lipinski definition) is 0. The minimum atomic E-state index is 0.557. The molecule has 0 N–H and O–H groups in total. The minimum absolute atomic E-state index is 0.557. The van der Waals surface area contributed by atoms with Gasteiger partial charge in [0.2, 0.25) is 0 Å². The Morgan fingerprint density at radius 3 is 2.46 bits per heavy atom. The molecule has 0 radical (unpaired) electrons. The molecule has 3 heteroatoms. The number of aryl methyl sites for hydroxylation is 1. The Morgan fingerprint density at radius 2 is 1.68 bits per heavy atom. The molecule has 5 rings (SSSR count). The Balaban J connectivity index is 1.22. The lowest BCUT2D eigenvalue weighted by atomic mass is 9.85. The molecule has 1 aromatic heterocycles. The molecule has 28 heavy (non-hydrogen) atoms. The van der Waals surface area contributed by atoms with Gasteiger partial charge in [0.1, 0.15) is 0 Å². The molecule has 2 aromatic carbocycles. The van der Waals surface area contributed by atoms with Gasteiger partial charge in [0.25, 0.3) is 0 Å². The van der Waals surface area contributed by atoms with Crippen molar-refractivity contribution in [2.75, 3.05) is 13.1 Å².